The number of azo groups is 1. The first-order valence-electron chi connectivity index (χ1n) is 8.89. The van der Waals surface area contributed by atoms with Gasteiger partial charge in [0.2, 0.25) is 5.95 Å². The average molecular weight is 419 g/mol. The molecule has 9 nitrogen and oxygen atoms in total. The summed E-state index contributed by atoms with van der Waals surface area (Å²) in [6, 6.07) is 13.4. The van der Waals surface area contributed by atoms with Gasteiger partial charge in [0.05, 0.1) is 10.6 Å². The Labute approximate surface area is 172 Å². The van der Waals surface area contributed by atoms with E-state index in [1.54, 1.807) is 24.4 Å². The maximum Gasteiger partial charge on any atom is 0.264 e. The molecule has 0 atom stereocenters. The normalized spacial score (nSPS) is 11.8. The van der Waals surface area contributed by atoms with Gasteiger partial charge in [-0.15, -0.1) is 5.11 Å². The Hall–Kier alpha value is -3.92. The van der Waals surface area contributed by atoms with E-state index in [0.29, 0.717) is 11.4 Å². The lowest BCUT2D eigenvalue weighted by molar-refractivity contribution is 0.601. The summed E-state index contributed by atoms with van der Waals surface area (Å²) in [4.78, 5) is 11.9. The number of benzene rings is 2. The fraction of sp³-hybridized carbons (Fsp3) is 0.0500. The van der Waals surface area contributed by atoms with E-state index >= 15 is 0 Å². The third-order valence-electron chi connectivity index (χ3n) is 4.25. The summed E-state index contributed by atoms with van der Waals surface area (Å²) in [7, 11) is -3.81. The van der Waals surface area contributed by atoms with E-state index in [2.05, 4.69) is 29.9 Å². The van der Waals surface area contributed by atoms with Gasteiger partial charge >= 0.3 is 0 Å². The average Bonchev–Trinajstić information content (AvgIpc) is 2.74. The van der Waals surface area contributed by atoms with Gasteiger partial charge in [-0.25, -0.2) is 28.1 Å². The first-order valence-corrected chi connectivity index (χ1v) is 10.4. The molecule has 2 aromatic heterocycles. The number of aryl methyl sites for hydroxylation is 1. The highest BCUT2D eigenvalue weighted by Gasteiger charge is 2.15. The molecule has 0 fully saturated rings. The SMILES string of the molecule is Cc1ccc2cnc(N)c(N=Nc3ccc(S(=O)(=O)Nc4ncccn4)cc3)c2c1. The Morgan fingerprint density at radius 2 is 1.70 bits per heavy atom. The van der Waals surface area contributed by atoms with Crippen molar-refractivity contribution in [2.75, 3.05) is 10.5 Å². The smallest absolute Gasteiger partial charge is 0.264 e. The third kappa shape index (κ3) is 4.08. The third-order valence-corrected chi connectivity index (χ3v) is 5.60. The maximum atomic E-state index is 12.4. The van der Waals surface area contributed by atoms with Crippen LogP contribution in [0, 0.1) is 6.92 Å². The minimum absolute atomic E-state index is 0.00418. The lowest BCUT2D eigenvalue weighted by Gasteiger charge is -2.06. The molecule has 0 unspecified atom stereocenters. The van der Waals surface area contributed by atoms with E-state index in [0.717, 1.165) is 16.3 Å². The quantitative estimate of drug-likeness (QED) is 0.467. The Morgan fingerprint density at radius 1 is 0.967 bits per heavy atom. The number of aromatic nitrogens is 3. The van der Waals surface area contributed by atoms with Crippen LogP contribution in [-0.4, -0.2) is 23.4 Å². The van der Waals surface area contributed by atoms with Crippen molar-refractivity contribution in [3.05, 3.63) is 72.7 Å². The molecule has 10 heteroatoms. The van der Waals surface area contributed by atoms with Gasteiger partial charge in [-0.3, -0.25) is 0 Å². The van der Waals surface area contributed by atoms with Crippen molar-refractivity contribution in [3.63, 3.8) is 0 Å². The number of nitrogens with one attached hydrogen (secondary N) is 1. The molecule has 2 heterocycles. The van der Waals surface area contributed by atoms with Gasteiger partial charge in [0.1, 0.15) is 5.69 Å². The van der Waals surface area contributed by atoms with Gasteiger partial charge in [0.15, 0.2) is 5.82 Å². The number of sulfonamides is 1. The minimum Gasteiger partial charge on any atom is -0.382 e. The lowest BCUT2D eigenvalue weighted by atomic mass is 10.1. The zero-order chi connectivity index (χ0) is 21.1. The number of nitrogen functional groups attached to an aromatic ring is 1. The number of nitrogens with two attached hydrogens (primary N) is 1. The molecule has 0 saturated carbocycles. The monoisotopic (exact) mass is 419 g/mol. The fourth-order valence-electron chi connectivity index (χ4n) is 2.76. The first kappa shape index (κ1) is 19.4. The van der Waals surface area contributed by atoms with E-state index < -0.39 is 10.0 Å². The topological polar surface area (TPSA) is 136 Å². The van der Waals surface area contributed by atoms with Crippen LogP contribution in [0.4, 0.5) is 23.1 Å². The van der Waals surface area contributed by atoms with E-state index in [-0.39, 0.29) is 16.7 Å². The van der Waals surface area contributed by atoms with E-state index in [9.17, 15) is 8.42 Å². The lowest BCUT2D eigenvalue weighted by Crippen LogP contribution is -2.14. The predicted octanol–water partition coefficient (Wildman–Crippen LogP) is 4.13. The number of hydrogen-bond acceptors (Lipinski definition) is 8. The molecule has 30 heavy (non-hydrogen) atoms. The second-order valence-corrected chi connectivity index (χ2v) is 8.14. The molecule has 0 amide bonds. The Kier molecular flexibility index (Phi) is 5.07. The molecule has 0 aliphatic carbocycles. The summed E-state index contributed by atoms with van der Waals surface area (Å²) in [5.41, 5.74) is 7.99. The highest BCUT2D eigenvalue weighted by molar-refractivity contribution is 7.92. The molecule has 2 aromatic carbocycles. The molecule has 0 spiro atoms. The van der Waals surface area contributed by atoms with Crippen molar-refractivity contribution in [2.24, 2.45) is 10.2 Å². The van der Waals surface area contributed by atoms with Crippen LogP contribution in [0.3, 0.4) is 0 Å². The van der Waals surface area contributed by atoms with Crippen LogP contribution < -0.4 is 10.5 Å². The van der Waals surface area contributed by atoms with Gasteiger partial charge in [0.25, 0.3) is 10.0 Å². The fourth-order valence-corrected chi connectivity index (χ4v) is 3.72. The molecule has 0 aliphatic rings. The molecular formula is C20H17N7O2S. The molecule has 0 bridgehead atoms. The van der Waals surface area contributed by atoms with Crippen molar-refractivity contribution in [1.82, 2.24) is 15.0 Å². The highest BCUT2D eigenvalue weighted by Crippen LogP contribution is 2.32. The molecule has 0 saturated heterocycles. The number of fused-ring (bicyclic) bond motifs is 1. The van der Waals surface area contributed by atoms with Crippen molar-refractivity contribution in [1.29, 1.82) is 0 Å². The van der Waals surface area contributed by atoms with Crippen LogP contribution in [0.5, 0.6) is 0 Å². The van der Waals surface area contributed by atoms with E-state index in [1.165, 1.54) is 24.5 Å². The van der Waals surface area contributed by atoms with Crippen LogP contribution in [0.1, 0.15) is 5.56 Å². The first-order chi connectivity index (χ1) is 14.4. The second kappa shape index (κ2) is 7.84. The Morgan fingerprint density at radius 3 is 2.43 bits per heavy atom. The zero-order valence-electron chi connectivity index (χ0n) is 15.9. The summed E-state index contributed by atoms with van der Waals surface area (Å²) < 4.78 is 27.2. The summed E-state index contributed by atoms with van der Waals surface area (Å²) in [5, 5.41) is 10.2. The van der Waals surface area contributed by atoms with Gasteiger partial charge in [-0.2, -0.15) is 5.11 Å². The van der Waals surface area contributed by atoms with Crippen LogP contribution in [0.2, 0.25) is 0 Å². The highest BCUT2D eigenvalue weighted by atomic mass is 32.2. The summed E-state index contributed by atoms with van der Waals surface area (Å²) in [6.45, 7) is 1.98. The summed E-state index contributed by atoms with van der Waals surface area (Å²) in [5.74, 6) is 0.263. The molecule has 150 valence electrons. The largest absolute Gasteiger partial charge is 0.382 e. The zero-order valence-corrected chi connectivity index (χ0v) is 16.7. The molecule has 4 rings (SSSR count). The molecule has 3 N–H and O–H groups in total. The Bertz CT molecular complexity index is 1330. The van der Waals surface area contributed by atoms with Crippen LogP contribution in [0.15, 0.2) is 82.2 Å². The van der Waals surface area contributed by atoms with Crippen molar-refractivity contribution < 1.29 is 8.42 Å². The number of rotatable bonds is 5. The van der Waals surface area contributed by atoms with Gasteiger partial charge < -0.3 is 5.73 Å². The van der Waals surface area contributed by atoms with Crippen molar-refractivity contribution >= 4 is 43.9 Å². The number of anilines is 2. The second-order valence-electron chi connectivity index (χ2n) is 6.45. The van der Waals surface area contributed by atoms with Gasteiger partial charge in [-0.05, 0) is 43.3 Å². The standard InChI is InChI=1S/C20H17N7O2S/c1-13-3-4-14-12-24-19(21)18(17(14)11-13)26-25-15-5-7-16(8-6-15)30(28,29)27-20-22-9-2-10-23-20/h2-12H,1H3,(H2,21,24)(H,22,23,27). The van der Waals surface area contributed by atoms with Crippen molar-refractivity contribution in [2.45, 2.75) is 11.8 Å². The van der Waals surface area contributed by atoms with Crippen molar-refractivity contribution in [3.8, 4) is 0 Å². The van der Waals surface area contributed by atoms with E-state index in [4.69, 9.17) is 5.73 Å². The molecule has 0 radical (unpaired) electrons. The Balaban J connectivity index is 1.60. The van der Waals surface area contributed by atoms with Crippen LogP contribution in [0.25, 0.3) is 10.8 Å². The van der Waals surface area contributed by atoms with Gasteiger partial charge in [0, 0.05) is 29.4 Å². The molecule has 0 aliphatic heterocycles. The summed E-state index contributed by atoms with van der Waals surface area (Å²) >= 11 is 0. The molecule has 4 aromatic rings. The maximum absolute atomic E-state index is 12.4. The molecular weight excluding hydrogens is 402 g/mol. The van der Waals surface area contributed by atoms with Crippen LogP contribution >= 0.6 is 0 Å². The number of pyridine rings is 1. The van der Waals surface area contributed by atoms with Gasteiger partial charge in [-0.1, -0.05) is 17.7 Å². The minimum atomic E-state index is -3.81. The summed E-state index contributed by atoms with van der Waals surface area (Å²) in [6.07, 6.45) is 4.58. The van der Waals surface area contributed by atoms with Crippen LogP contribution in [-0.2, 0) is 10.0 Å². The van der Waals surface area contributed by atoms with E-state index in [1.807, 2.05) is 25.1 Å². The number of hydrogen-bond donors (Lipinski definition) is 2. The number of nitrogens with zero attached hydrogens (tertiary/aromatic N) is 5. The predicted molar refractivity (Wildman–Crippen MR) is 114 cm³/mol.